The van der Waals surface area contributed by atoms with Gasteiger partial charge in [0, 0.05) is 17.4 Å². The molecule has 0 saturated heterocycles. The molecule has 0 fully saturated rings. The number of aromatic nitrogens is 1. The number of rotatable bonds is 4. The van der Waals surface area contributed by atoms with Gasteiger partial charge in [-0.2, -0.15) is 0 Å². The van der Waals surface area contributed by atoms with E-state index in [9.17, 15) is 9.59 Å². The quantitative estimate of drug-likeness (QED) is 0.684. The number of anilines is 1. The Morgan fingerprint density at radius 3 is 2.64 bits per heavy atom. The maximum Gasteiger partial charge on any atom is 0.339 e. The SMILES string of the molecule is COC(=O)c1c(C)[nH]c(C(=O)[C@@H](C)N2c3ccccc3C[C@@H]2C)c1C. The molecule has 1 aliphatic rings. The summed E-state index contributed by atoms with van der Waals surface area (Å²) in [6, 6.07) is 8.15. The predicted octanol–water partition coefficient (Wildman–Crippen LogP) is 3.44. The number of aryl methyl sites for hydroxylation is 1. The molecule has 2 aromatic rings. The Kier molecular flexibility index (Phi) is 4.41. The lowest BCUT2D eigenvalue weighted by Crippen LogP contribution is -2.43. The van der Waals surface area contributed by atoms with E-state index >= 15 is 0 Å². The Hall–Kier alpha value is -2.56. The molecule has 5 heteroatoms. The minimum absolute atomic E-state index is 0.0145. The monoisotopic (exact) mass is 340 g/mol. The number of benzene rings is 1. The van der Waals surface area contributed by atoms with Gasteiger partial charge in [-0.15, -0.1) is 0 Å². The van der Waals surface area contributed by atoms with Gasteiger partial charge in [-0.25, -0.2) is 4.79 Å². The second-order valence-electron chi connectivity index (χ2n) is 6.75. The van der Waals surface area contributed by atoms with Crippen LogP contribution >= 0.6 is 0 Å². The number of aromatic amines is 1. The molecule has 0 bridgehead atoms. The van der Waals surface area contributed by atoms with E-state index < -0.39 is 5.97 Å². The Bertz CT molecular complexity index is 837. The van der Waals surface area contributed by atoms with Gasteiger partial charge in [0.15, 0.2) is 0 Å². The molecular formula is C20H24N2O3. The van der Waals surface area contributed by atoms with Crippen LogP contribution in [0.4, 0.5) is 5.69 Å². The molecule has 0 aliphatic carbocycles. The van der Waals surface area contributed by atoms with Crippen molar-refractivity contribution in [1.29, 1.82) is 0 Å². The van der Waals surface area contributed by atoms with Gasteiger partial charge < -0.3 is 14.6 Å². The predicted molar refractivity (Wildman–Crippen MR) is 97.5 cm³/mol. The summed E-state index contributed by atoms with van der Waals surface area (Å²) in [5.74, 6) is -0.433. The Morgan fingerprint density at radius 1 is 1.28 bits per heavy atom. The number of methoxy groups -OCH3 is 1. The molecule has 1 aromatic carbocycles. The van der Waals surface area contributed by atoms with Crippen molar-refractivity contribution < 1.29 is 14.3 Å². The highest BCUT2D eigenvalue weighted by Gasteiger charge is 2.35. The minimum atomic E-state index is -0.419. The van der Waals surface area contributed by atoms with E-state index in [1.807, 2.05) is 19.1 Å². The molecule has 5 nitrogen and oxygen atoms in total. The number of H-pyrrole nitrogens is 1. The number of Topliss-reactive ketones (excluding diaryl/α,β-unsaturated/α-hetero) is 1. The zero-order valence-corrected chi connectivity index (χ0v) is 15.3. The van der Waals surface area contributed by atoms with Gasteiger partial charge in [0.2, 0.25) is 5.78 Å². The second kappa shape index (κ2) is 6.39. The van der Waals surface area contributed by atoms with Crippen LogP contribution in [0.2, 0.25) is 0 Å². The number of carbonyl (C=O) groups is 2. The van der Waals surface area contributed by atoms with Crippen molar-refractivity contribution in [2.45, 2.75) is 46.2 Å². The van der Waals surface area contributed by atoms with Gasteiger partial charge in [0.25, 0.3) is 0 Å². The molecular weight excluding hydrogens is 316 g/mol. The summed E-state index contributed by atoms with van der Waals surface area (Å²) < 4.78 is 4.83. The van der Waals surface area contributed by atoms with Crippen molar-refractivity contribution in [2.24, 2.45) is 0 Å². The van der Waals surface area contributed by atoms with Crippen LogP contribution in [0.25, 0.3) is 0 Å². The van der Waals surface area contributed by atoms with Gasteiger partial charge >= 0.3 is 5.97 Å². The van der Waals surface area contributed by atoms with E-state index in [1.54, 1.807) is 13.8 Å². The maximum atomic E-state index is 13.2. The molecule has 0 unspecified atom stereocenters. The fraction of sp³-hybridized carbons (Fsp3) is 0.400. The third kappa shape index (κ3) is 2.73. The van der Waals surface area contributed by atoms with Gasteiger partial charge in [-0.3, -0.25) is 4.79 Å². The first-order valence-corrected chi connectivity index (χ1v) is 8.54. The topological polar surface area (TPSA) is 62.4 Å². The van der Waals surface area contributed by atoms with Crippen LogP contribution in [-0.2, 0) is 11.2 Å². The van der Waals surface area contributed by atoms with E-state index in [0.29, 0.717) is 22.5 Å². The van der Waals surface area contributed by atoms with Crippen LogP contribution in [0, 0.1) is 13.8 Å². The molecule has 1 aromatic heterocycles. The van der Waals surface area contributed by atoms with Crippen molar-refractivity contribution in [3.05, 3.63) is 52.3 Å². The molecule has 0 amide bonds. The number of ether oxygens (including phenoxy) is 1. The van der Waals surface area contributed by atoms with E-state index in [-0.39, 0.29) is 17.9 Å². The molecule has 0 saturated carbocycles. The Morgan fingerprint density at radius 2 is 1.96 bits per heavy atom. The van der Waals surface area contributed by atoms with Gasteiger partial charge in [-0.05, 0) is 51.3 Å². The smallest absolute Gasteiger partial charge is 0.339 e. The second-order valence-corrected chi connectivity index (χ2v) is 6.75. The van der Waals surface area contributed by atoms with E-state index in [1.165, 1.54) is 12.7 Å². The number of esters is 1. The number of carbonyl (C=O) groups excluding carboxylic acids is 2. The molecule has 132 valence electrons. The van der Waals surface area contributed by atoms with E-state index in [2.05, 4.69) is 28.9 Å². The molecule has 0 radical (unpaired) electrons. The van der Waals surface area contributed by atoms with Crippen molar-refractivity contribution in [3.63, 3.8) is 0 Å². The van der Waals surface area contributed by atoms with Gasteiger partial charge in [0.1, 0.15) is 0 Å². The zero-order chi connectivity index (χ0) is 18.3. The number of para-hydroxylation sites is 1. The summed E-state index contributed by atoms with van der Waals surface area (Å²) in [6.45, 7) is 7.64. The van der Waals surface area contributed by atoms with Crippen LogP contribution in [-0.4, -0.2) is 35.9 Å². The number of nitrogens with zero attached hydrogens (tertiary/aromatic N) is 1. The lowest BCUT2D eigenvalue weighted by atomic mass is 10.0. The minimum Gasteiger partial charge on any atom is -0.465 e. The first-order valence-electron chi connectivity index (χ1n) is 8.54. The molecule has 2 atom stereocenters. The molecule has 2 heterocycles. The maximum absolute atomic E-state index is 13.2. The van der Waals surface area contributed by atoms with Crippen molar-refractivity contribution in [1.82, 2.24) is 4.98 Å². The molecule has 25 heavy (non-hydrogen) atoms. The molecule has 3 rings (SSSR count). The van der Waals surface area contributed by atoms with Crippen LogP contribution in [0.5, 0.6) is 0 Å². The van der Waals surface area contributed by atoms with Crippen LogP contribution in [0.15, 0.2) is 24.3 Å². The average Bonchev–Trinajstić information content (AvgIpc) is 3.08. The first kappa shape index (κ1) is 17.3. The molecule has 0 spiro atoms. The standard InChI is InChI=1S/C20H24N2O3/c1-11-10-15-8-6-7-9-16(15)22(11)14(4)19(23)18-12(2)17(13(3)21-18)20(24)25-5/h6-9,11,14,21H,10H2,1-5H3/t11-,14+/m0/s1. The third-order valence-corrected chi connectivity index (χ3v) is 5.13. The lowest BCUT2D eigenvalue weighted by molar-refractivity contribution is 0.0599. The summed E-state index contributed by atoms with van der Waals surface area (Å²) in [4.78, 5) is 30.4. The van der Waals surface area contributed by atoms with Gasteiger partial charge in [-0.1, -0.05) is 18.2 Å². The van der Waals surface area contributed by atoms with Crippen molar-refractivity contribution in [2.75, 3.05) is 12.0 Å². The number of hydrogen-bond donors (Lipinski definition) is 1. The lowest BCUT2D eigenvalue weighted by Gasteiger charge is -2.30. The number of hydrogen-bond acceptors (Lipinski definition) is 4. The highest BCUT2D eigenvalue weighted by molar-refractivity contribution is 6.05. The van der Waals surface area contributed by atoms with E-state index in [4.69, 9.17) is 4.74 Å². The molecule has 1 aliphatic heterocycles. The van der Waals surface area contributed by atoms with E-state index in [0.717, 1.165) is 12.1 Å². The number of fused-ring (bicyclic) bond motifs is 1. The number of nitrogens with one attached hydrogen (secondary N) is 1. The fourth-order valence-electron chi connectivity index (χ4n) is 3.92. The Balaban J connectivity index is 1.96. The van der Waals surface area contributed by atoms with Crippen LogP contribution in [0.3, 0.4) is 0 Å². The summed E-state index contributed by atoms with van der Waals surface area (Å²) in [5.41, 5.74) is 4.64. The fourth-order valence-corrected chi connectivity index (χ4v) is 3.92. The number of ketones is 1. The highest BCUT2D eigenvalue weighted by Crippen LogP contribution is 2.34. The van der Waals surface area contributed by atoms with Crippen LogP contribution in [0.1, 0.15) is 51.5 Å². The summed E-state index contributed by atoms with van der Waals surface area (Å²) in [7, 11) is 1.35. The summed E-state index contributed by atoms with van der Waals surface area (Å²) in [6.07, 6.45) is 0.934. The van der Waals surface area contributed by atoms with Gasteiger partial charge in [0.05, 0.1) is 24.4 Å². The van der Waals surface area contributed by atoms with Crippen LogP contribution < -0.4 is 4.90 Å². The summed E-state index contributed by atoms with van der Waals surface area (Å²) in [5, 5.41) is 0. The van der Waals surface area contributed by atoms with Crippen molar-refractivity contribution in [3.8, 4) is 0 Å². The first-order chi connectivity index (χ1) is 11.9. The Labute approximate surface area is 148 Å². The van der Waals surface area contributed by atoms with Crippen molar-refractivity contribution >= 4 is 17.4 Å². The molecule has 1 N–H and O–H groups in total. The zero-order valence-electron chi connectivity index (χ0n) is 15.3. The highest BCUT2D eigenvalue weighted by atomic mass is 16.5. The average molecular weight is 340 g/mol. The largest absolute Gasteiger partial charge is 0.465 e. The third-order valence-electron chi connectivity index (χ3n) is 5.13. The normalized spacial score (nSPS) is 17.3. The summed E-state index contributed by atoms with van der Waals surface area (Å²) >= 11 is 0.